The number of fused-ring (bicyclic) bond motifs is 1. The lowest BCUT2D eigenvalue weighted by molar-refractivity contribution is 0.202. The van der Waals surface area contributed by atoms with E-state index in [9.17, 15) is 18.3 Å². The lowest BCUT2D eigenvalue weighted by Gasteiger charge is -2.18. The number of sulfonamides is 1. The molecule has 0 fully saturated rings. The number of anilines is 2. The minimum absolute atomic E-state index is 0.0583. The second-order valence-electron chi connectivity index (χ2n) is 6.60. The number of nitrogens with one attached hydrogen (secondary N) is 1. The minimum Gasteiger partial charge on any atom is -0.465 e. The van der Waals surface area contributed by atoms with Crippen LogP contribution < -0.4 is 15.4 Å². The molecule has 10 nitrogen and oxygen atoms in total. The van der Waals surface area contributed by atoms with E-state index in [4.69, 9.17) is 5.14 Å². The number of nitrogens with two attached hydrogens (primary N) is 1. The van der Waals surface area contributed by atoms with E-state index in [1.165, 1.54) is 12.1 Å². The van der Waals surface area contributed by atoms with Gasteiger partial charge < -0.3 is 10.4 Å². The standard InChI is InChI=1S/C19H22N6O4S/c1-3-25(19(26)27)16-10-15(17-18(24-16)23-12(2)11-22-17)21-9-8-13-4-6-14(7-5-13)30(20,28)29/h4-7,10-11H,3,8-9H2,1-2H3,(H,26,27)(H2,20,28,29)(H,21,23,24). The van der Waals surface area contributed by atoms with Crippen molar-refractivity contribution in [2.45, 2.75) is 25.2 Å². The molecule has 0 aliphatic rings. The number of aromatic nitrogens is 3. The highest BCUT2D eigenvalue weighted by Crippen LogP contribution is 2.25. The molecule has 4 N–H and O–H groups in total. The van der Waals surface area contributed by atoms with Crippen LogP contribution in [0.25, 0.3) is 11.2 Å². The molecular formula is C19H22N6O4S. The van der Waals surface area contributed by atoms with Crippen LogP contribution in [0.3, 0.4) is 0 Å². The van der Waals surface area contributed by atoms with E-state index in [0.29, 0.717) is 35.5 Å². The molecule has 0 aliphatic carbocycles. The summed E-state index contributed by atoms with van der Waals surface area (Å²) in [5, 5.41) is 17.8. The van der Waals surface area contributed by atoms with Gasteiger partial charge >= 0.3 is 6.09 Å². The molecule has 0 bridgehead atoms. The first-order chi connectivity index (χ1) is 14.2. The molecule has 11 heteroatoms. The van der Waals surface area contributed by atoms with Gasteiger partial charge in [0.1, 0.15) is 11.3 Å². The summed E-state index contributed by atoms with van der Waals surface area (Å²) >= 11 is 0. The molecule has 0 saturated heterocycles. The Hall–Kier alpha value is -3.31. The largest absolute Gasteiger partial charge is 0.465 e. The van der Waals surface area contributed by atoms with Gasteiger partial charge in [-0.2, -0.15) is 0 Å². The molecule has 2 aromatic heterocycles. The molecule has 2 heterocycles. The van der Waals surface area contributed by atoms with Crippen LogP contribution in [-0.4, -0.2) is 47.7 Å². The van der Waals surface area contributed by atoms with Gasteiger partial charge in [0.25, 0.3) is 0 Å². The summed E-state index contributed by atoms with van der Waals surface area (Å²) in [6.45, 7) is 4.25. The summed E-state index contributed by atoms with van der Waals surface area (Å²) in [5.74, 6) is 0.261. The van der Waals surface area contributed by atoms with Crippen LogP contribution in [0, 0.1) is 6.92 Å². The molecule has 0 saturated carbocycles. The maximum atomic E-state index is 11.5. The molecule has 0 unspecified atom stereocenters. The Bertz CT molecular complexity index is 1180. The van der Waals surface area contributed by atoms with Crippen molar-refractivity contribution in [2.24, 2.45) is 5.14 Å². The van der Waals surface area contributed by atoms with Crippen molar-refractivity contribution in [1.29, 1.82) is 0 Å². The highest BCUT2D eigenvalue weighted by atomic mass is 32.2. The first-order valence-corrected chi connectivity index (χ1v) is 10.7. The highest BCUT2D eigenvalue weighted by Gasteiger charge is 2.17. The van der Waals surface area contributed by atoms with Crippen LogP contribution in [0.15, 0.2) is 41.4 Å². The van der Waals surface area contributed by atoms with Crippen molar-refractivity contribution in [3.63, 3.8) is 0 Å². The van der Waals surface area contributed by atoms with Crippen LogP contribution in [-0.2, 0) is 16.4 Å². The third kappa shape index (κ3) is 4.81. The quantitative estimate of drug-likeness (QED) is 0.515. The van der Waals surface area contributed by atoms with Crippen LogP contribution in [0.1, 0.15) is 18.2 Å². The number of benzene rings is 1. The van der Waals surface area contributed by atoms with Crippen molar-refractivity contribution in [3.8, 4) is 0 Å². The zero-order chi connectivity index (χ0) is 21.9. The zero-order valence-electron chi connectivity index (χ0n) is 16.5. The number of pyridine rings is 1. The number of primary sulfonamides is 1. The van der Waals surface area contributed by atoms with E-state index < -0.39 is 16.1 Å². The Kier molecular flexibility index (Phi) is 6.13. The third-order valence-electron chi connectivity index (χ3n) is 4.43. The fourth-order valence-corrected chi connectivity index (χ4v) is 3.44. The number of nitrogens with zero attached hydrogens (tertiary/aromatic N) is 4. The van der Waals surface area contributed by atoms with Crippen molar-refractivity contribution in [1.82, 2.24) is 15.0 Å². The Morgan fingerprint density at radius 3 is 2.53 bits per heavy atom. The summed E-state index contributed by atoms with van der Waals surface area (Å²) in [4.78, 5) is 25.8. The maximum absolute atomic E-state index is 11.5. The smallest absolute Gasteiger partial charge is 0.413 e. The number of carbonyl (C=O) groups is 1. The van der Waals surface area contributed by atoms with E-state index >= 15 is 0 Å². The zero-order valence-corrected chi connectivity index (χ0v) is 17.3. The van der Waals surface area contributed by atoms with Gasteiger partial charge in [-0.3, -0.25) is 4.90 Å². The number of hydrogen-bond donors (Lipinski definition) is 3. The summed E-state index contributed by atoms with van der Waals surface area (Å²) in [5.41, 5.74) is 3.09. The van der Waals surface area contributed by atoms with Gasteiger partial charge in [0.15, 0.2) is 5.65 Å². The molecule has 1 amide bonds. The predicted octanol–water partition coefficient (Wildman–Crippen LogP) is 2.14. The van der Waals surface area contributed by atoms with Gasteiger partial charge in [-0.1, -0.05) is 12.1 Å². The fraction of sp³-hybridized carbons (Fsp3) is 0.263. The molecule has 30 heavy (non-hydrogen) atoms. The molecule has 158 valence electrons. The van der Waals surface area contributed by atoms with E-state index in [1.54, 1.807) is 38.2 Å². The average molecular weight is 430 g/mol. The normalized spacial score (nSPS) is 11.4. The van der Waals surface area contributed by atoms with Crippen LogP contribution in [0.2, 0.25) is 0 Å². The molecule has 0 aliphatic heterocycles. The van der Waals surface area contributed by atoms with Crippen molar-refractivity contribution < 1.29 is 18.3 Å². The van der Waals surface area contributed by atoms with E-state index in [-0.39, 0.29) is 17.3 Å². The molecule has 1 aromatic carbocycles. The summed E-state index contributed by atoms with van der Waals surface area (Å²) in [6, 6.07) is 7.96. The predicted molar refractivity (Wildman–Crippen MR) is 113 cm³/mol. The number of aryl methyl sites for hydroxylation is 1. The minimum atomic E-state index is -3.72. The molecule has 0 spiro atoms. The van der Waals surface area contributed by atoms with Crippen molar-refractivity contribution in [2.75, 3.05) is 23.3 Å². The summed E-state index contributed by atoms with van der Waals surface area (Å²) < 4.78 is 22.7. The van der Waals surface area contributed by atoms with Gasteiger partial charge in [0, 0.05) is 25.4 Å². The Labute approximate surface area is 173 Å². The highest BCUT2D eigenvalue weighted by molar-refractivity contribution is 7.89. The van der Waals surface area contributed by atoms with Crippen LogP contribution in [0.5, 0.6) is 0 Å². The van der Waals surface area contributed by atoms with Gasteiger partial charge in [-0.25, -0.2) is 33.3 Å². The summed E-state index contributed by atoms with van der Waals surface area (Å²) in [6.07, 6.45) is 1.11. The number of amides is 1. The van der Waals surface area contributed by atoms with Crippen LogP contribution >= 0.6 is 0 Å². The van der Waals surface area contributed by atoms with Gasteiger partial charge in [-0.15, -0.1) is 0 Å². The fourth-order valence-electron chi connectivity index (χ4n) is 2.93. The van der Waals surface area contributed by atoms with E-state index in [1.807, 2.05) is 0 Å². The monoisotopic (exact) mass is 430 g/mol. The molecule has 3 rings (SSSR count). The second-order valence-corrected chi connectivity index (χ2v) is 8.17. The lowest BCUT2D eigenvalue weighted by Crippen LogP contribution is -2.29. The molecule has 0 radical (unpaired) electrons. The number of hydrogen-bond acceptors (Lipinski definition) is 7. The van der Waals surface area contributed by atoms with E-state index in [0.717, 1.165) is 10.5 Å². The second kappa shape index (κ2) is 8.59. The summed E-state index contributed by atoms with van der Waals surface area (Å²) in [7, 11) is -3.72. The first-order valence-electron chi connectivity index (χ1n) is 9.19. The van der Waals surface area contributed by atoms with E-state index in [2.05, 4.69) is 20.3 Å². The van der Waals surface area contributed by atoms with Gasteiger partial charge in [0.2, 0.25) is 10.0 Å². The SMILES string of the molecule is CCN(C(=O)O)c1cc(NCCc2ccc(S(N)(=O)=O)cc2)c2ncc(C)nc2n1. The average Bonchev–Trinajstić information content (AvgIpc) is 2.67. The Balaban J connectivity index is 1.84. The van der Waals surface area contributed by atoms with Crippen molar-refractivity contribution in [3.05, 3.63) is 47.8 Å². The third-order valence-corrected chi connectivity index (χ3v) is 5.36. The maximum Gasteiger partial charge on any atom is 0.413 e. The lowest BCUT2D eigenvalue weighted by atomic mass is 10.1. The molecule has 3 aromatic rings. The topological polar surface area (TPSA) is 151 Å². The number of rotatable bonds is 7. The number of carboxylic acid groups (broad SMARTS) is 1. The Morgan fingerprint density at radius 1 is 1.23 bits per heavy atom. The van der Waals surface area contributed by atoms with Gasteiger partial charge in [0.05, 0.1) is 16.3 Å². The van der Waals surface area contributed by atoms with Crippen LogP contribution in [0.4, 0.5) is 16.3 Å². The first kappa shape index (κ1) is 21.4. The Morgan fingerprint density at radius 2 is 1.93 bits per heavy atom. The molecule has 0 atom stereocenters. The van der Waals surface area contributed by atoms with Gasteiger partial charge in [-0.05, 0) is 38.0 Å². The van der Waals surface area contributed by atoms with Crippen molar-refractivity contribution >= 4 is 38.8 Å². The molecular weight excluding hydrogens is 408 g/mol.